The number of thiophene rings is 1. The van der Waals surface area contributed by atoms with E-state index in [9.17, 15) is 23.2 Å². The number of benzene rings is 2. The maximum atomic E-state index is 13.6. The quantitative estimate of drug-likeness (QED) is 0.436. The smallest absolute Gasteiger partial charge is 0.359 e. The number of hydrogen-bond acceptors (Lipinski definition) is 6. The first-order chi connectivity index (χ1) is 15.8. The molecule has 4 rings (SSSR count). The van der Waals surface area contributed by atoms with Gasteiger partial charge in [-0.15, -0.1) is 11.3 Å². The van der Waals surface area contributed by atoms with Gasteiger partial charge in [-0.1, -0.05) is 17.7 Å². The normalized spacial score (nSPS) is 10.9. The molecule has 2 aromatic heterocycles. The monoisotopic (exact) mass is 469 g/mol. The van der Waals surface area contributed by atoms with E-state index in [-0.39, 0.29) is 33.6 Å². The molecule has 0 fully saturated rings. The number of halogens is 2. The summed E-state index contributed by atoms with van der Waals surface area (Å²) in [4.78, 5) is 38.5. The lowest BCUT2D eigenvalue weighted by molar-refractivity contribution is 0.0520. The molecular weight excluding hydrogens is 452 g/mol. The maximum Gasteiger partial charge on any atom is 0.359 e. The molecule has 10 heteroatoms. The fourth-order valence-electron chi connectivity index (χ4n) is 3.17. The van der Waals surface area contributed by atoms with Crippen LogP contribution < -0.4 is 10.9 Å². The standard InChI is InChI=1S/C23H17F2N3O4S/c1-3-32-23(31)19-15-11-33-21(26-20(29)13-6-9-16(24)17(25)10-13)18(15)22(30)28(27-19)14-7-4-12(2)5-8-14/h4-11H,3H2,1-2H3,(H,26,29). The average Bonchev–Trinajstić information content (AvgIpc) is 3.21. The van der Waals surface area contributed by atoms with E-state index in [1.54, 1.807) is 31.2 Å². The van der Waals surface area contributed by atoms with Crippen LogP contribution in [0.25, 0.3) is 16.5 Å². The molecule has 7 nitrogen and oxygen atoms in total. The summed E-state index contributed by atoms with van der Waals surface area (Å²) < 4.78 is 32.9. The molecule has 0 unspecified atom stereocenters. The zero-order valence-corrected chi connectivity index (χ0v) is 18.3. The van der Waals surface area contributed by atoms with E-state index in [4.69, 9.17) is 4.74 Å². The van der Waals surface area contributed by atoms with Gasteiger partial charge in [-0.25, -0.2) is 13.6 Å². The van der Waals surface area contributed by atoms with Crippen LogP contribution in [0.4, 0.5) is 13.8 Å². The topological polar surface area (TPSA) is 90.3 Å². The Morgan fingerprint density at radius 1 is 1.12 bits per heavy atom. The third-order valence-corrected chi connectivity index (χ3v) is 5.70. The van der Waals surface area contributed by atoms with E-state index in [2.05, 4.69) is 10.4 Å². The summed E-state index contributed by atoms with van der Waals surface area (Å²) >= 11 is 1.00. The second-order valence-corrected chi connectivity index (χ2v) is 7.94. The van der Waals surface area contributed by atoms with Gasteiger partial charge >= 0.3 is 5.97 Å². The third-order valence-electron chi connectivity index (χ3n) is 4.81. The number of aromatic nitrogens is 2. The van der Waals surface area contributed by atoms with Gasteiger partial charge in [0.05, 0.1) is 17.7 Å². The summed E-state index contributed by atoms with van der Waals surface area (Å²) in [6.45, 7) is 3.64. The zero-order valence-electron chi connectivity index (χ0n) is 17.5. The molecule has 1 N–H and O–H groups in total. The lowest BCUT2D eigenvalue weighted by Gasteiger charge is -2.10. The highest BCUT2D eigenvalue weighted by molar-refractivity contribution is 7.16. The summed E-state index contributed by atoms with van der Waals surface area (Å²) in [6.07, 6.45) is 0. The number of hydrogen-bond donors (Lipinski definition) is 1. The highest BCUT2D eigenvalue weighted by atomic mass is 32.1. The first kappa shape index (κ1) is 22.3. The number of fused-ring (bicyclic) bond motifs is 1. The Morgan fingerprint density at radius 2 is 1.85 bits per heavy atom. The van der Waals surface area contributed by atoms with Crippen molar-refractivity contribution in [1.29, 1.82) is 0 Å². The molecular formula is C23H17F2N3O4S. The molecule has 0 radical (unpaired) electrons. The minimum atomic E-state index is -1.17. The van der Waals surface area contributed by atoms with E-state index < -0.39 is 29.1 Å². The molecule has 0 aliphatic heterocycles. The summed E-state index contributed by atoms with van der Waals surface area (Å²) in [5.74, 6) is -3.72. The van der Waals surface area contributed by atoms with Gasteiger partial charge in [-0.05, 0) is 44.2 Å². The van der Waals surface area contributed by atoms with Gasteiger partial charge in [-0.3, -0.25) is 9.59 Å². The molecule has 1 amide bonds. The third kappa shape index (κ3) is 4.24. The van der Waals surface area contributed by atoms with Gasteiger partial charge in [0, 0.05) is 16.3 Å². The van der Waals surface area contributed by atoms with Gasteiger partial charge in [0.15, 0.2) is 17.3 Å². The number of anilines is 1. The van der Waals surface area contributed by atoms with Crippen LogP contribution in [-0.2, 0) is 4.74 Å². The highest BCUT2D eigenvalue weighted by Crippen LogP contribution is 2.31. The molecule has 0 atom stereocenters. The van der Waals surface area contributed by atoms with Crippen molar-refractivity contribution in [3.8, 4) is 5.69 Å². The molecule has 2 heterocycles. The molecule has 33 heavy (non-hydrogen) atoms. The molecule has 0 aliphatic carbocycles. The van der Waals surface area contributed by atoms with Gasteiger partial charge in [0.25, 0.3) is 11.5 Å². The van der Waals surface area contributed by atoms with E-state index in [0.29, 0.717) is 5.69 Å². The zero-order chi connectivity index (χ0) is 23.7. The Balaban J connectivity index is 1.87. The first-order valence-electron chi connectivity index (χ1n) is 9.85. The van der Waals surface area contributed by atoms with Crippen molar-refractivity contribution >= 4 is 39.0 Å². The number of nitrogens with zero attached hydrogens (tertiary/aromatic N) is 2. The lowest BCUT2D eigenvalue weighted by Crippen LogP contribution is -2.25. The lowest BCUT2D eigenvalue weighted by atomic mass is 10.2. The number of carbonyl (C=O) groups excluding carboxylic acids is 2. The molecule has 0 aliphatic rings. The van der Waals surface area contributed by atoms with Crippen molar-refractivity contribution in [3.05, 3.63) is 86.7 Å². The fraction of sp³-hybridized carbons (Fsp3) is 0.130. The number of nitrogens with one attached hydrogen (secondary N) is 1. The van der Waals surface area contributed by atoms with Gasteiger partial charge in [-0.2, -0.15) is 9.78 Å². The fourth-order valence-corrected chi connectivity index (χ4v) is 4.10. The number of amides is 1. The Labute approximate surface area is 190 Å². The van der Waals surface area contributed by atoms with Crippen molar-refractivity contribution in [2.75, 3.05) is 11.9 Å². The highest BCUT2D eigenvalue weighted by Gasteiger charge is 2.23. The van der Waals surface area contributed by atoms with Crippen LogP contribution in [0.1, 0.15) is 33.3 Å². The van der Waals surface area contributed by atoms with Crippen molar-refractivity contribution in [2.45, 2.75) is 13.8 Å². The second-order valence-electron chi connectivity index (χ2n) is 7.06. The largest absolute Gasteiger partial charge is 0.461 e. The molecule has 4 aromatic rings. The number of esters is 1. The molecule has 0 saturated heterocycles. The van der Waals surface area contributed by atoms with E-state index in [1.807, 2.05) is 6.92 Å². The molecule has 0 spiro atoms. The number of carbonyl (C=O) groups is 2. The molecule has 0 bridgehead atoms. The average molecular weight is 469 g/mol. The Kier molecular flexibility index (Phi) is 6.01. The van der Waals surface area contributed by atoms with Crippen LogP contribution in [-0.4, -0.2) is 28.3 Å². The minimum Gasteiger partial charge on any atom is -0.461 e. The number of ether oxygens (including phenoxy) is 1. The number of rotatable bonds is 5. The van der Waals surface area contributed by atoms with Gasteiger partial charge < -0.3 is 10.1 Å². The first-order valence-corrected chi connectivity index (χ1v) is 10.7. The molecule has 2 aromatic carbocycles. The van der Waals surface area contributed by atoms with Crippen molar-refractivity contribution in [3.63, 3.8) is 0 Å². The predicted molar refractivity (Wildman–Crippen MR) is 120 cm³/mol. The van der Waals surface area contributed by atoms with Crippen LogP contribution in [0.15, 0.2) is 52.6 Å². The minimum absolute atomic E-state index is 0.0505. The van der Waals surface area contributed by atoms with Crippen molar-refractivity contribution in [2.24, 2.45) is 0 Å². The van der Waals surface area contributed by atoms with Crippen molar-refractivity contribution < 1.29 is 23.1 Å². The summed E-state index contributed by atoms with van der Waals surface area (Å²) in [7, 11) is 0. The van der Waals surface area contributed by atoms with E-state index in [1.165, 1.54) is 5.38 Å². The Hall–Kier alpha value is -3.92. The number of aryl methyl sites for hydroxylation is 1. The Morgan fingerprint density at radius 3 is 2.52 bits per heavy atom. The molecule has 0 saturated carbocycles. The van der Waals surface area contributed by atoms with E-state index in [0.717, 1.165) is 39.8 Å². The van der Waals surface area contributed by atoms with Crippen LogP contribution in [0.3, 0.4) is 0 Å². The summed E-state index contributed by atoms with van der Waals surface area (Å²) in [5, 5.41) is 8.69. The van der Waals surface area contributed by atoms with Crippen LogP contribution in [0.2, 0.25) is 0 Å². The second kappa shape index (κ2) is 8.91. The molecule has 168 valence electrons. The summed E-state index contributed by atoms with van der Waals surface area (Å²) in [5.41, 5.74) is 0.602. The van der Waals surface area contributed by atoms with Crippen LogP contribution in [0.5, 0.6) is 0 Å². The SMILES string of the molecule is CCOC(=O)c1nn(-c2ccc(C)cc2)c(=O)c2c(NC(=O)c3ccc(F)c(F)c3)scc12. The maximum absolute atomic E-state index is 13.6. The Bertz CT molecular complexity index is 1440. The summed E-state index contributed by atoms with van der Waals surface area (Å²) in [6, 6.07) is 9.65. The van der Waals surface area contributed by atoms with Gasteiger partial charge in [0.1, 0.15) is 5.00 Å². The van der Waals surface area contributed by atoms with E-state index >= 15 is 0 Å². The van der Waals surface area contributed by atoms with Crippen molar-refractivity contribution in [1.82, 2.24) is 9.78 Å². The van der Waals surface area contributed by atoms with Crippen LogP contribution >= 0.6 is 11.3 Å². The van der Waals surface area contributed by atoms with Gasteiger partial charge in [0.2, 0.25) is 0 Å². The van der Waals surface area contributed by atoms with Crippen LogP contribution in [0, 0.1) is 18.6 Å². The predicted octanol–water partition coefficient (Wildman–Crippen LogP) is 4.46.